The summed E-state index contributed by atoms with van der Waals surface area (Å²) in [5.41, 5.74) is 6.41. The second-order valence-electron chi connectivity index (χ2n) is 5.88. The van der Waals surface area contributed by atoms with E-state index in [1.807, 2.05) is 30.4 Å². The zero-order valence-electron chi connectivity index (χ0n) is 14.4. The van der Waals surface area contributed by atoms with E-state index in [0.29, 0.717) is 0 Å². The van der Waals surface area contributed by atoms with Gasteiger partial charge in [0.15, 0.2) is 0 Å². The summed E-state index contributed by atoms with van der Waals surface area (Å²) in [5.74, 6) is 0. The molecule has 2 aromatic carbocycles. The summed E-state index contributed by atoms with van der Waals surface area (Å²) in [4.78, 5) is 6.61. The Hall–Kier alpha value is -2.00. The Morgan fingerprint density at radius 3 is 2.52 bits per heavy atom. The molecule has 0 aliphatic rings. The largest absolute Gasteiger partial charge is 0.366 e. The van der Waals surface area contributed by atoms with Crippen LogP contribution >= 0.6 is 11.6 Å². The molecule has 23 heavy (non-hydrogen) atoms. The second-order valence-corrected chi connectivity index (χ2v) is 6.29. The van der Waals surface area contributed by atoms with E-state index in [0.717, 1.165) is 39.8 Å². The minimum absolute atomic E-state index is 0.722. The van der Waals surface area contributed by atoms with Crippen LogP contribution in [0, 0.1) is 20.8 Å². The molecule has 0 aromatic heterocycles. The van der Waals surface area contributed by atoms with Gasteiger partial charge >= 0.3 is 0 Å². The number of halogens is 1. The van der Waals surface area contributed by atoms with Crippen molar-refractivity contribution in [2.45, 2.75) is 27.7 Å². The molecule has 0 aliphatic carbocycles. The van der Waals surface area contributed by atoms with E-state index in [1.54, 1.807) is 0 Å². The Bertz CT molecular complexity index is 723. The van der Waals surface area contributed by atoms with Gasteiger partial charge in [0.25, 0.3) is 0 Å². The molecule has 0 radical (unpaired) electrons. The van der Waals surface area contributed by atoms with Crippen molar-refractivity contribution < 1.29 is 0 Å². The summed E-state index contributed by atoms with van der Waals surface area (Å²) in [6.45, 7) is 9.24. The highest BCUT2D eigenvalue weighted by Crippen LogP contribution is 2.31. The van der Waals surface area contributed by atoms with Crippen molar-refractivity contribution >= 4 is 35.0 Å². The van der Waals surface area contributed by atoms with Crippen molar-refractivity contribution in [3.8, 4) is 0 Å². The van der Waals surface area contributed by atoms with Gasteiger partial charge in [-0.05, 0) is 68.7 Å². The van der Waals surface area contributed by atoms with Gasteiger partial charge in [0, 0.05) is 19.3 Å². The number of aryl methyl sites for hydroxylation is 3. The van der Waals surface area contributed by atoms with Crippen LogP contribution in [0.1, 0.15) is 23.6 Å². The SMILES string of the molecule is CCN(C)C=Nc1cc(C)c(Nc2cc(C)ccc2Cl)cc1C. The minimum Gasteiger partial charge on any atom is -0.366 e. The quantitative estimate of drug-likeness (QED) is 0.569. The van der Waals surface area contributed by atoms with E-state index in [-0.39, 0.29) is 0 Å². The van der Waals surface area contributed by atoms with Crippen molar-refractivity contribution in [3.63, 3.8) is 0 Å². The van der Waals surface area contributed by atoms with Crippen molar-refractivity contribution in [2.24, 2.45) is 4.99 Å². The van der Waals surface area contributed by atoms with Crippen LogP contribution < -0.4 is 5.32 Å². The molecular formula is C19H24ClN3. The molecule has 0 atom stereocenters. The number of nitrogens with zero attached hydrogens (tertiary/aromatic N) is 2. The maximum atomic E-state index is 6.28. The Morgan fingerprint density at radius 2 is 1.83 bits per heavy atom. The summed E-state index contributed by atoms with van der Waals surface area (Å²) in [6, 6.07) is 10.2. The Morgan fingerprint density at radius 1 is 1.09 bits per heavy atom. The summed E-state index contributed by atoms with van der Waals surface area (Å²) < 4.78 is 0. The highest BCUT2D eigenvalue weighted by atomic mass is 35.5. The van der Waals surface area contributed by atoms with Crippen LogP contribution in [-0.4, -0.2) is 24.8 Å². The molecule has 0 amide bonds. The van der Waals surface area contributed by atoms with E-state index < -0.39 is 0 Å². The average molecular weight is 330 g/mol. The number of hydrogen-bond donors (Lipinski definition) is 1. The first kappa shape index (κ1) is 17.4. The molecular weight excluding hydrogens is 306 g/mol. The highest BCUT2D eigenvalue weighted by Gasteiger charge is 2.07. The van der Waals surface area contributed by atoms with Gasteiger partial charge in [-0.2, -0.15) is 0 Å². The van der Waals surface area contributed by atoms with E-state index in [9.17, 15) is 0 Å². The predicted octanol–water partition coefficient (Wildman–Crippen LogP) is 5.62. The van der Waals surface area contributed by atoms with Gasteiger partial charge in [0.2, 0.25) is 0 Å². The third-order valence-electron chi connectivity index (χ3n) is 3.83. The van der Waals surface area contributed by atoms with Gasteiger partial charge < -0.3 is 10.2 Å². The fourth-order valence-electron chi connectivity index (χ4n) is 2.20. The summed E-state index contributed by atoms with van der Waals surface area (Å²) in [5, 5.41) is 4.15. The predicted molar refractivity (Wildman–Crippen MR) is 102 cm³/mol. The van der Waals surface area contributed by atoms with Crippen molar-refractivity contribution in [3.05, 3.63) is 52.0 Å². The van der Waals surface area contributed by atoms with E-state index >= 15 is 0 Å². The number of nitrogens with one attached hydrogen (secondary N) is 1. The molecule has 3 nitrogen and oxygen atoms in total. The molecule has 0 unspecified atom stereocenters. The Kier molecular flexibility index (Phi) is 5.67. The van der Waals surface area contributed by atoms with Crippen molar-refractivity contribution in [1.29, 1.82) is 0 Å². The molecule has 0 saturated heterocycles. The first-order valence-electron chi connectivity index (χ1n) is 7.79. The zero-order valence-corrected chi connectivity index (χ0v) is 15.2. The molecule has 0 bridgehead atoms. The molecule has 0 fully saturated rings. The van der Waals surface area contributed by atoms with Crippen molar-refractivity contribution in [1.82, 2.24) is 4.90 Å². The van der Waals surface area contributed by atoms with Gasteiger partial charge in [0.1, 0.15) is 0 Å². The normalized spacial score (nSPS) is 11.0. The first-order chi connectivity index (χ1) is 10.9. The summed E-state index contributed by atoms with van der Waals surface area (Å²) >= 11 is 6.28. The van der Waals surface area contributed by atoms with Crippen LogP contribution in [0.25, 0.3) is 0 Å². The summed E-state index contributed by atoms with van der Waals surface area (Å²) in [7, 11) is 2.02. The van der Waals surface area contributed by atoms with Crippen molar-refractivity contribution in [2.75, 3.05) is 18.9 Å². The molecule has 0 spiro atoms. The van der Waals surface area contributed by atoms with E-state index in [4.69, 9.17) is 11.6 Å². The highest BCUT2D eigenvalue weighted by molar-refractivity contribution is 6.33. The number of anilines is 2. The Labute approximate surface area is 144 Å². The average Bonchev–Trinajstić information content (AvgIpc) is 2.52. The smallest absolute Gasteiger partial charge is 0.0909 e. The lowest BCUT2D eigenvalue weighted by Crippen LogP contribution is -2.14. The van der Waals surface area contributed by atoms with Gasteiger partial charge in [0.05, 0.1) is 22.7 Å². The third kappa shape index (κ3) is 4.49. The maximum absolute atomic E-state index is 6.28. The molecule has 2 aromatic rings. The summed E-state index contributed by atoms with van der Waals surface area (Å²) in [6.07, 6.45) is 1.87. The lowest BCUT2D eigenvalue weighted by atomic mass is 10.1. The van der Waals surface area contributed by atoms with Crippen LogP contribution in [0.3, 0.4) is 0 Å². The minimum atomic E-state index is 0.722. The topological polar surface area (TPSA) is 27.6 Å². The van der Waals surface area contributed by atoms with Gasteiger partial charge in [-0.15, -0.1) is 0 Å². The fourth-order valence-corrected chi connectivity index (χ4v) is 2.36. The molecule has 2 rings (SSSR count). The number of aliphatic imine (C=N–C) groups is 1. The number of benzene rings is 2. The molecule has 122 valence electrons. The van der Waals surface area contributed by atoms with E-state index in [1.165, 1.54) is 5.56 Å². The Balaban J connectivity index is 2.29. The van der Waals surface area contributed by atoms with Gasteiger partial charge in [-0.3, -0.25) is 0 Å². The maximum Gasteiger partial charge on any atom is 0.0909 e. The fraction of sp³-hybridized carbons (Fsp3) is 0.316. The number of rotatable bonds is 5. The molecule has 4 heteroatoms. The van der Waals surface area contributed by atoms with Crippen LogP contribution in [0.15, 0.2) is 35.3 Å². The zero-order chi connectivity index (χ0) is 17.0. The molecule has 0 heterocycles. The van der Waals surface area contributed by atoms with Gasteiger partial charge in [-0.25, -0.2) is 4.99 Å². The van der Waals surface area contributed by atoms with E-state index in [2.05, 4.69) is 56.2 Å². The van der Waals surface area contributed by atoms with Crippen LogP contribution in [0.4, 0.5) is 17.1 Å². The molecule has 0 saturated carbocycles. The second kappa shape index (κ2) is 7.51. The van der Waals surface area contributed by atoms with Crippen LogP contribution in [0.2, 0.25) is 5.02 Å². The monoisotopic (exact) mass is 329 g/mol. The lowest BCUT2D eigenvalue weighted by molar-refractivity contribution is 0.552. The lowest BCUT2D eigenvalue weighted by Gasteiger charge is -2.14. The standard InChI is InChI=1S/C19H24ClN3/c1-6-23(5)12-21-17-10-15(4)18(11-14(17)3)22-19-9-13(2)7-8-16(19)20/h7-12,22H,6H2,1-5H3. The van der Waals surface area contributed by atoms with Crippen LogP contribution in [0.5, 0.6) is 0 Å². The van der Waals surface area contributed by atoms with Gasteiger partial charge in [-0.1, -0.05) is 17.7 Å². The first-order valence-corrected chi connectivity index (χ1v) is 8.17. The molecule has 1 N–H and O–H groups in total. The molecule has 0 aliphatic heterocycles. The van der Waals surface area contributed by atoms with Crippen LogP contribution in [-0.2, 0) is 0 Å². The number of hydrogen-bond acceptors (Lipinski definition) is 2. The third-order valence-corrected chi connectivity index (χ3v) is 4.16.